The van der Waals surface area contributed by atoms with Crippen molar-refractivity contribution in [1.29, 1.82) is 0 Å². The van der Waals surface area contributed by atoms with E-state index in [0.29, 0.717) is 12.4 Å². The monoisotopic (exact) mass is 260 g/mol. The normalized spacial score (nSPS) is 10.8. The van der Waals surface area contributed by atoms with Crippen LogP contribution >= 0.6 is 0 Å². The van der Waals surface area contributed by atoms with Crippen LogP contribution in [0.3, 0.4) is 0 Å². The van der Waals surface area contributed by atoms with Crippen LogP contribution in [-0.4, -0.2) is 20.9 Å². The number of rotatable bonds is 5. The first-order valence-electron chi connectivity index (χ1n) is 6.41. The van der Waals surface area contributed by atoms with E-state index in [-0.39, 0.29) is 6.10 Å². The Morgan fingerprint density at radius 3 is 2.84 bits per heavy atom. The lowest BCUT2D eigenvalue weighted by Gasteiger charge is -2.14. The summed E-state index contributed by atoms with van der Waals surface area (Å²) in [6, 6.07) is 5.92. The van der Waals surface area contributed by atoms with E-state index in [1.54, 1.807) is 6.20 Å². The number of nitrogens with zero attached hydrogens (tertiary/aromatic N) is 3. The van der Waals surface area contributed by atoms with E-state index in [1.807, 2.05) is 44.6 Å². The zero-order chi connectivity index (χ0) is 13.8. The third kappa shape index (κ3) is 3.47. The van der Waals surface area contributed by atoms with Gasteiger partial charge in [-0.15, -0.1) is 0 Å². The van der Waals surface area contributed by atoms with Crippen molar-refractivity contribution < 1.29 is 4.74 Å². The highest BCUT2D eigenvalue weighted by atomic mass is 16.5. The van der Waals surface area contributed by atoms with E-state index < -0.39 is 0 Å². The van der Waals surface area contributed by atoms with Crippen molar-refractivity contribution in [3.8, 4) is 5.88 Å². The van der Waals surface area contributed by atoms with E-state index in [9.17, 15) is 0 Å². The summed E-state index contributed by atoms with van der Waals surface area (Å²) in [5.74, 6) is 0.636. The average molecular weight is 260 g/mol. The van der Waals surface area contributed by atoms with E-state index in [2.05, 4.69) is 21.5 Å². The molecule has 0 aliphatic rings. The van der Waals surface area contributed by atoms with Crippen LogP contribution < -0.4 is 10.1 Å². The van der Waals surface area contributed by atoms with Gasteiger partial charge >= 0.3 is 0 Å². The van der Waals surface area contributed by atoms with Crippen LogP contribution in [0, 0.1) is 6.92 Å². The Morgan fingerprint density at radius 1 is 1.42 bits per heavy atom. The van der Waals surface area contributed by atoms with Gasteiger partial charge < -0.3 is 10.1 Å². The minimum Gasteiger partial charge on any atom is -0.473 e. The lowest BCUT2D eigenvalue weighted by molar-refractivity contribution is 0.234. The molecule has 0 bridgehead atoms. The maximum atomic E-state index is 5.67. The van der Waals surface area contributed by atoms with Gasteiger partial charge in [-0.2, -0.15) is 5.10 Å². The Kier molecular flexibility index (Phi) is 4.04. The summed E-state index contributed by atoms with van der Waals surface area (Å²) in [5.41, 5.74) is 3.04. The molecule has 0 spiro atoms. The molecule has 0 saturated carbocycles. The molecule has 2 aromatic heterocycles. The predicted octanol–water partition coefficient (Wildman–Crippen LogP) is 2.52. The minimum absolute atomic E-state index is 0.106. The fraction of sp³-hybridized carbons (Fsp3) is 0.429. The van der Waals surface area contributed by atoms with Gasteiger partial charge in [0.25, 0.3) is 0 Å². The molecule has 0 aromatic carbocycles. The second kappa shape index (κ2) is 5.73. The summed E-state index contributed by atoms with van der Waals surface area (Å²) < 4.78 is 7.55. The van der Waals surface area contributed by atoms with Gasteiger partial charge in [0.1, 0.15) is 0 Å². The Labute approximate surface area is 113 Å². The molecule has 0 aliphatic heterocycles. The Bertz CT molecular complexity index is 548. The summed E-state index contributed by atoms with van der Waals surface area (Å²) in [5, 5.41) is 7.66. The van der Waals surface area contributed by atoms with Crippen molar-refractivity contribution in [2.75, 3.05) is 5.32 Å². The Morgan fingerprint density at radius 2 is 2.21 bits per heavy atom. The summed E-state index contributed by atoms with van der Waals surface area (Å²) in [4.78, 5) is 4.25. The van der Waals surface area contributed by atoms with Gasteiger partial charge in [0.2, 0.25) is 5.88 Å². The molecule has 5 heteroatoms. The summed E-state index contributed by atoms with van der Waals surface area (Å²) in [6.45, 7) is 6.66. The molecule has 2 rings (SSSR count). The van der Waals surface area contributed by atoms with E-state index in [4.69, 9.17) is 4.74 Å². The smallest absolute Gasteiger partial charge is 0.237 e. The highest BCUT2D eigenvalue weighted by molar-refractivity contribution is 5.52. The third-order valence-corrected chi connectivity index (χ3v) is 2.68. The van der Waals surface area contributed by atoms with Crippen molar-refractivity contribution in [1.82, 2.24) is 14.8 Å². The van der Waals surface area contributed by atoms with Crippen LogP contribution in [0.25, 0.3) is 0 Å². The van der Waals surface area contributed by atoms with E-state index >= 15 is 0 Å². The van der Waals surface area contributed by atoms with Gasteiger partial charge in [0, 0.05) is 13.2 Å². The third-order valence-electron chi connectivity index (χ3n) is 2.68. The molecule has 0 atom stereocenters. The molecule has 0 amide bonds. The highest BCUT2D eigenvalue weighted by Gasteiger charge is 2.07. The molecule has 5 nitrogen and oxygen atoms in total. The topological polar surface area (TPSA) is 52.0 Å². The Hall–Kier alpha value is -2.04. The van der Waals surface area contributed by atoms with Crippen LogP contribution in [0.1, 0.15) is 25.2 Å². The molecule has 0 unspecified atom stereocenters. The zero-order valence-corrected chi connectivity index (χ0v) is 11.8. The second-order valence-corrected chi connectivity index (χ2v) is 4.78. The van der Waals surface area contributed by atoms with Crippen molar-refractivity contribution in [2.45, 2.75) is 33.4 Å². The fourth-order valence-electron chi connectivity index (χ4n) is 1.86. The number of aromatic nitrogens is 3. The number of pyridine rings is 1. The molecule has 19 heavy (non-hydrogen) atoms. The minimum atomic E-state index is 0.106. The van der Waals surface area contributed by atoms with Crippen molar-refractivity contribution in [2.24, 2.45) is 7.05 Å². The largest absolute Gasteiger partial charge is 0.473 e. The van der Waals surface area contributed by atoms with Crippen molar-refractivity contribution in [3.63, 3.8) is 0 Å². The first kappa shape index (κ1) is 13.4. The molecule has 0 radical (unpaired) electrons. The molecule has 2 heterocycles. The predicted molar refractivity (Wildman–Crippen MR) is 75.3 cm³/mol. The molecule has 0 fully saturated rings. The number of ether oxygens (including phenoxy) is 1. The van der Waals surface area contributed by atoms with Gasteiger partial charge in [-0.25, -0.2) is 4.98 Å². The van der Waals surface area contributed by atoms with Gasteiger partial charge in [-0.3, -0.25) is 4.68 Å². The zero-order valence-electron chi connectivity index (χ0n) is 11.8. The summed E-state index contributed by atoms with van der Waals surface area (Å²) in [7, 11) is 1.94. The maximum absolute atomic E-state index is 5.67. The van der Waals surface area contributed by atoms with Gasteiger partial charge in [0.05, 0.1) is 29.7 Å². The molecule has 102 valence electrons. The van der Waals surface area contributed by atoms with Crippen LogP contribution in [-0.2, 0) is 13.6 Å². The van der Waals surface area contributed by atoms with Crippen molar-refractivity contribution in [3.05, 3.63) is 35.8 Å². The molecule has 2 aromatic rings. The summed E-state index contributed by atoms with van der Waals surface area (Å²) in [6.07, 6.45) is 1.84. The lowest BCUT2D eigenvalue weighted by atomic mass is 10.3. The van der Waals surface area contributed by atoms with E-state index in [0.717, 1.165) is 17.1 Å². The molecular weight excluding hydrogens is 240 g/mol. The van der Waals surface area contributed by atoms with Crippen LogP contribution in [0.5, 0.6) is 5.88 Å². The SMILES string of the molecule is Cc1cc(CNc2cccnc2OC(C)C)n(C)n1. The van der Waals surface area contributed by atoms with Crippen LogP contribution in [0.15, 0.2) is 24.4 Å². The van der Waals surface area contributed by atoms with E-state index in [1.165, 1.54) is 0 Å². The fourth-order valence-corrected chi connectivity index (χ4v) is 1.86. The number of hydrogen-bond donors (Lipinski definition) is 1. The quantitative estimate of drug-likeness (QED) is 0.897. The molecular formula is C14H20N4O. The number of aryl methyl sites for hydroxylation is 2. The van der Waals surface area contributed by atoms with Crippen LogP contribution in [0.2, 0.25) is 0 Å². The second-order valence-electron chi connectivity index (χ2n) is 4.78. The van der Waals surface area contributed by atoms with Crippen molar-refractivity contribution >= 4 is 5.69 Å². The standard InChI is InChI=1S/C14H20N4O/c1-10(2)19-14-13(6-5-7-15-14)16-9-12-8-11(3)17-18(12)4/h5-8,10,16H,9H2,1-4H3. The number of nitrogens with one attached hydrogen (secondary N) is 1. The molecule has 0 aliphatic carbocycles. The number of hydrogen-bond acceptors (Lipinski definition) is 4. The number of anilines is 1. The maximum Gasteiger partial charge on any atom is 0.237 e. The summed E-state index contributed by atoms with van der Waals surface area (Å²) >= 11 is 0. The lowest BCUT2D eigenvalue weighted by Crippen LogP contribution is -2.11. The first-order chi connectivity index (χ1) is 9.06. The Balaban J connectivity index is 2.09. The highest BCUT2D eigenvalue weighted by Crippen LogP contribution is 2.22. The molecule has 1 N–H and O–H groups in total. The first-order valence-corrected chi connectivity index (χ1v) is 6.41. The van der Waals surface area contributed by atoms with Gasteiger partial charge in [-0.05, 0) is 39.0 Å². The van der Waals surface area contributed by atoms with Gasteiger partial charge in [0.15, 0.2) is 0 Å². The van der Waals surface area contributed by atoms with Gasteiger partial charge in [-0.1, -0.05) is 0 Å². The van der Waals surface area contributed by atoms with Crippen LogP contribution in [0.4, 0.5) is 5.69 Å². The molecule has 0 saturated heterocycles. The average Bonchev–Trinajstić information content (AvgIpc) is 2.66.